The summed E-state index contributed by atoms with van der Waals surface area (Å²) in [4.78, 5) is 0.225. The lowest BCUT2D eigenvalue weighted by Gasteiger charge is -1.93. The van der Waals surface area contributed by atoms with Gasteiger partial charge in [-0.05, 0) is 15.5 Å². The van der Waals surface area contributed by atoms with E-state index in [0.717, 1.165) is 3.35 Å². The van der Waals surface area contributed by atoms with Crippen LogP contribution in [0, 0.1) is 0 Å². The van der Waals surface area contributed by atoms with Gasteiger partial charge in [0.1, 0.15) is 4.90 Å². The molecule has 0 fully saturated rings. The molecule has 0 aliphatic rings. The molecular formula is C7H8NO2S2+. The minimum Gasteiger partial charge on any atom is -0.157 e. The highest BCUT2D eigenvalue weighted by molar-refractivity contribution is 7.87. The van der Waals surface area contributed by atoms with Crippen LogP contribution in [-0.2, 0) is 22.4 Å². The first-order valence-corrected chi connectivity index (χ1v) is 5.07. The minimum absolute atomic E-state index is 0.225. The molecule has 1 aromatic carbocycles. The number of rotatable bonds is 2. The molecule has 0 spiro atoms. The highest BCUT2D eigenvalue weighted by Crippen LogP contribution is 2.08. The third-order valence-electron chi connectivity index (χ3n) is 1.38. The van der Waals surface area contributed by atoms with Gasteiger partial charge in [-0.3, -0.25) is 0 Å². The van der Waals surface area contributed by atoms with Gasteiger partial charge in [0.15, 0.2) is 7.05 Å². The van der Waals surface area contributed by atoms with Crippen LogP contribution in [0.4, 0.5) is 0 Å². The zero-order valence-electron chi connectivity index (χ0n) is 6.47. The van der Waals surface area contributed by atoms with Gasteiger partial charge in [-0.2, -0.15) is 8.42 Å². The smallest absolute Gasteiger partial charge is 0.157 e. The summed E-state index contributed by atoms with van der Waals surface area (Å²) in [6, 6.07) is 8.09. The van der Waals surface area contributed by atoms with Crippen LogP contribution in [0.2, 0.25) is 0 Å². The van der Waals surface area contributed by atoms with Gasteiger partial charge in [0.05, 0.1) is 0 Å². The van der Waals surface area contributed by atoms with Crippen LogP contribution in [0.15, 0.2) is 35.2 Å². The number of sulfonamides is 1. The van der Waals surface area contributed by atoms with E-state index in [-0.39, 0.29) is 4.90 Å². The van der Waals surface area contributed by atoms with E-state index in [0.29, 0.717) is 0 Å². The summed E-state index contributed by atoms with van der Waals surface area (Å²) in [6.07, 6.45) is 0. The Morgan fingerprint density at radius 2 is 1.75 bits per heavy atom. The third-order valence-corrected chi connectivity index (χ3v) is 3.51. The van der Waals surface area contributed by atoms with Gasteiger partial charge in [-0.1, -0.05) is 18.2 Å². The van der Waals surface area contributed by atoms with Crippen LogP contribution in [-0.4, -0.2) is 18.8 Å². The molecule has 0 aliphatic carbocycles. The van der Waals surface area contributed by atoms with Crippen molar-refractivity contribution in [3.8, 4) is 0 Å². The summed E-state index contributed by atoms with van der Waals surface area (Å²) in [5.41, 5.74) is 0. The molecule has 0 amide bonds. The van der Waals surface area contributed by atoms with Gasteiger partial charge >= 0.3 is 10.0 Å². The SMILES string of the molecule is C[N+](=S)S(=O)(=O)c1ccccc1. The largest absolute Gasteiger partial charge is 0.407 e. The summed E-state index contributed by atoms with van der Waals surface area (Å²) < 4.78 is 23.5. The minimum atomic E-state index is -3.43. The molecule has 0 N–H and O–H groups in total. The Morgan fingerprint density at radius 3 is 2.17 bits per heavy atom. The Bertz CT molecular complexity index is 383. The second-order valence-electron chi connectivity index (χ2n) is 2.23. The molecule has 0 aromatic heterocycles. The van der Waals surface area contributed by atoms with E-state index in [9.17, 15) is 8.42 Å². The number of benzene rings is 1. The second kappa shape index (κ2) is 3.28. The average Bonchev–Trinajstić information content (AvgIpc) is 2.06. The molecule has 3 nitrogen and oxygen atoms in total. The fraction of sp³-hybridized carbons (Fsp3) is 0.143. The van der Waals surface area contributed by atoms with Crippen LogP contribution in [0.1, 0.15) is 0 Å². The van der Waals surface area contributed by atoms with E-state index < -0.39 is 10.0 Å². The van der Waals surface area contributed by atoms with Crippen molar-refractivity contribution in [3.05, 3.63) is 30.3 Å². The molecule has 1 rings (SSSR count). The Balaban J connectivity index is 3.26. The maximum atomic E-state index is 11.4. The molecular weight excluding hydrogens is 194 g/mol. The summed E-state index contributed by atoms with van der Waals surface area (Å²) >= 11 is 4.54. The normalized spacial score (nSPS) is 11.1. The predicted molar refractivity (Wildman–Crippen MR) is 47.2 cm³/mol. The molecule has 64 valence electrons. The molecule has 0 heterocycles. The number of nitrogens with zero attached hydrogens (tertiary/aromatic N) is 1. The van der Waals surface area contributed by atoms with E-state index in [1.807, 2.05) is 0 Å². The maximum absolute atomic E-state index is 11.4. The van der Waals surface area contributed by atoms with Crippen molar-refractivity contribution in [3.63, 3.8) is 0 Å². The van der Waals surface area contributed by atoms with Crippen LogP contribution in [0.3, 0.4) is 0 Å². The highest BCUT2D eigenvalue weighted by atomic mass is 32.2. The molecule has 1 aromatic rings. The van der Waals surface area contributed by atoms with Crippen molar-refractivity contribution in [1.82, 2.24) is 0 Å². The zero-order chi connectivity index (χ0) is 9.19. The van der Waals surface area contributed by atoms with Crippen molar-refractivity contribution in [2.75, 3.05) is 7.05 Å². The molecule has 0 aliphatic heterocycles. The van der Waals surface area contributed by atoms with Gasteiger partial charge in [-0.25, -0.2) is 0 Å². The lowest BCUT2D eigenvalue weighted by molar-refractivity contribution is -0.291. The summed E-state index contributed by atoms with van der Waals surface area (Å²) in [6.45, 7) is 0. The second-order valence-corrected chi connectivity index (χ2v) is 4.98. The molecule has 5 heteroatoms. The maximum Gasteiger partial charge on any atom is 0.407 e. The topological polar surface area (TPSA) is 37.1 Å². The molecule has 0 saturated carbocycles. The van der Waals surface area contributed by atoms with Gasteiger partial charge in [-0.15, -0.1) is 0 Å². The third kappa shape index (κ3) is 1.67. The first kappa shape index (κ1) is 9.28. The Labute approximate surface area is 76.9 Å². The van der Waals surface area contributed by atoms with E-state index in [2.05, 4.69) is 12.4 Å². The van der Waals surface area contributed by atoms with Gasteiger partial charge in [0.2, 0.25) is 0 Å². The van der Waals surface area contributed by atoms with Gasteiger partial charge in [0, 0.05) is 0 Å². The van der Waals surface area contributed by atoms with Crippen molar-refractivity contribution < 1.29 is 11.8 Å². The van der Waals surface area contributed by atoms with Gasteiger partial charge < -0.3 is 0 Å². The van der Waals surface area contributed by atoms with Crippen LogP contribution in [0.5, 0.6) is 0 Å². The van der Waals surface area contributed by atoms with E-state index in [1.165, 1.54) is 19.2 Å². The Hall–Kier alpha value is -0.810. The fourth-order valence-corrected chi connectivity index (χ4v) is 1.80. The Morgan fingerprint density at radius 1 is 1.25 bits per heavy atom. The van der Waals surface area contributed by atoms with Gasteiger partial charge in [0.25, 0.3) is 12.4 Å². The molecule has 0 unspecified atom stereocenters. The quantitative estimate of drug-likeness (QED) is 0.664. The molecule has 0 bridgehead atoms. The summed E-state index contributed by atoms with van der Waals surface area (Å²) in [7, 11) is -2.10. The summed E-state index contributed by atoms with van der Waals surface area (Å²) in [5.74, 6) is 0. The average molecular weight is 202 g/mol. The van der Waals surface area contributed by atoms with Crippen LogP contribution in [0.25, 0.3) is 0 Å². The lowest BCUT2D eigenvalue weighted by Crippen LogP contribution is -2.13. The highest BCUT2D eigenvalue weighted by Gasteiger charge is 2.22. The first-order valence-electron chi connectivity index (χ1n) is 3.26. The van der Waals surface area contributed by atoms with Crippen molar-refractivity contribution in [2.45, 2.75) is 4.90 Å². The first-order chi connectivity index (χ1) is 5.55. The van der Waals surface area contributed by atoms with E-state index in [1.54, 1.807) is 18.2 Å². The van der Waals surface area contributed by atoms with Crippen molar-refractivity contribution in [2.24, 2.45) is 0 Å². The molecule has 0 radical (unpaired) electrons. The van der Waals surface area contributed by atoms with Crippen molar-refractivity contribution >= 4 is 22.4 Å². The number of hydrogen-bond acceptors (Lipinski definition) is 3. The lowest BCUT2D eigenvalue weighted by atomic mass is 10.4. The fourth-order valence-electron chi connectivity index (χ4n) is 0.741. The Kier molecular flexibility index (Phi) is 2.54. The van der Waals surface area contributed by atoms with Crippen LogP contribution >= 0.6 is 0 Å². The van der Waals surface area contributed by atoms with E-state index in [4.69, 9.17) is 0 Å². The monoisotopic (exact) mass is 202 g/mol. The molecule has 0 saturated heterocycles. The summed E-state index contributed by atoms with van der Waals surface area (Å²) in [5, 5.41) is 0. The zero-order valence-corrected chi connectivity index (χ0v) is 8.10. The predicted octanol–water partition coefficient (Wildman–Crippen LogP) is 0.748. The van der Waals surface area contributed by atoms with Crippen molar-refractivity contribution in [1.29, 1.82) is 0 Å². The van der Waals surface area contributed by atoms with E-state index >= 15 is 0 Å². The number of hydrogen-bond donors (Lipinski definition) is 0. The standard InChI is InChI=1S/C7H8NO2S2/c1-8(11)12(9,10)7-5-3-2-4-6-7/h2-6H,1H3/q+1. The molecule has 0 atom stereocenters. The van der Waals surface area contributed by atoms with Crippen LogP contribution < -0.4 is 0 Å². The molecule has 12 heavy (non-hydrogen) atoms.